The van der Waals surface area contributed by atoms with Crippen LogP contribution in [-0.2, 0) is 19.2 Å². The molecule has 2 amide bonds. The minimum absolute atomic E-state index is 0.247. The average molecular weight is 427 g/mol. The van der Waals surface area contributed by atoms with E-state index in [-0.39, 0.29) is 29.8 Å². The summed E-state index contributed by atoms with van der Waals surface area (Å²) in [6.45, 7) is 3.53. The fraction of sp³-hybridized carbons (Fsp3) is 0.750. The highest BCUT2D eigenvalue weighted by Gasteiger charge is 2.82. The highest BCUT2D eigenvalue weighted by molar-refractivity contribution is 6.51. The molecular weight excluding hydrogens is 412 g/mol. The number of carbonyl (C=O) groups is 2. The van der Waals surface area contributed by atoms with Crippen molar-refractivity contribution in [2.45, 2.75) is 48.3 Å². The standard InChI is InChI=1S/C16H15Cl4NO4/c1-4(2)25-21-13(22)5-6(14(21)23)10-8-7(9(5)24-10)15(19)3-16(8,20)12(18)11(15)17/h4-10H,3H2,1-2H3/t5-,6+,7-,8-,9+,10-,15-,16-/m0/s1. The topological polar surface area (TPSA) is 55.8 Å². The second-order valence-electron chi connectivity index (χ2n) is 7.82. The molecule has 3 saturated heterocycles. The number of amides is 2. The van der Waals surface area contributed by atoms with Crippen molar-refractivity contribution in [3.8, 4) is 0 Å². The number of carbonyl (C=O) groups excluding carboxylic acids is 2. The van der Waals surface area contributed by atoms with Crippen LogP contribution in [0.5, 0.6) is 0 Å². The molecule has 5 nitrogen and oxygen atoms in total. The Bertz CT molecular complexity index is 702. The predicted octanol–water partition coefficient (Wildman–Crippen LogP) is 3.00. The van der Waals surface area contributed by atoms with Crippen LogP contribution in [0.15, 0.2) is 10.1 Å². The van der Waals surface area contributed by atoms with Crippen LogP contribution >= 0.6 is 46.4 Å². The second kappa shape index (κ2) is 4.86. The van der Waals surface area contributed by atoms with Crippen molar-refractivity contribution in [1.82, 2.24) is 5.06 Å². The number of nitrogens with zero attached hydrogens (tertiary/aromatic N) is 1. The van der Waals surface area contributed by atoms with Gasteiger partial charge in [0.05, 0.1) is 50.0 Å². The highest BCUT2D eigenvalue weighted by Crippen LogP contribution is 2.75. The number of rotatable bonds is 2. The summed E-state index contributed by atoms with van der Waals surface area (Å²) >= 11 is 26.5. The zero-order chi connectivity index (χ0) is 18.0. The third-order valence-corrected chi connectivity index (χ3v) is 8.78. The Morgan fingerprint density at radius 2 is 1.48 bits per heavy atom. The van der Waals surface area contributed by atoms with Crippen LogP contribution in [-0.4, -0.2) is 44.9 Å². The smallest absolute Gasteiger partial charge is 0.260 e. The molecule has 4 fully saturated rings. The Hall–Kier alpha value is -0.0400. The maximum absolute atomic E-state index is 12.8. The fourth-order valence-electron chi connectivity index (χ4n) is 5.58. The molecule has 5 aliphatic rings. The summed E-state index contributed by atoms with van der Waals surface area (Å²) in [5, 5.41) is 1.57. The SMILES string of the molecule is CC(C)ON1C(=O)[C@@H]2[C@H]3O[C@@H]([C@@H]2C1=O)[C@@H]1[C@@H]3[C@@]2(Cl)C[C@@]1(Cl)C(Cl)=C2Cl. The number of alkyl halides is 2. The van der Waals surface area contributed by atoms with Crippen LogP contribution in [0.4, 0.5) is 0 Å². The van der Waals surface area contributed by atoms with Crippen LogP contribution < -0.4 is 0 Å². The first-order valence-corrected chi connectivity index (χ1v) is 9.78. The summed E-state index contributed by atoms with van der Waals surface area (Å²) in [4.78, 5) is 29.2. The van der Waals surface area contributed by atoms with Crippen LogP contribution in [0.3, 0.4) is 0 Å². The Balaban J connectivity index is 1.58. The number of allylic oxidation sites excluding steroid dienone is 2. The number of hydrogen-bond donors (Lipinski definition) is 0. The van der Waals surface area contributed by atoms with Crippen molar-refractivity contribution in [3.05, 3.63) is 10.1 Å². The van der Waals surface area contributed by atoms with E-state index >= 15 is 0 Å². The maximum atomic E-state index is 12.8. The molecule has 4 bridgehead atoms. The van der Waals surface area contributed by atoms with Crippen molar-refractivity contribution >= 4 is 58.2 Å². The van der Waals surface area contributed by atoms with Gasteiger partial charge in [-0.15, -0.1) is 23.2 Å². The van der Waals surface area contributed by atoms with Gasteiger partial charge in [0, 0.05) is 11.8 Å². The van der Waals surface area contributed by atoms with Gasteiger partial charge >= 0.3 is 0 Å². The summed E-state index contributed by atoms with van der Waals surface area (Å²) in [7, 11) is 0. The normalized spacial score (nSPS) is 52.8. The van der Waals surface area contributed by atoms with Gasteiger partial charge in [0.15, 0.2) is 0 Å². The molecule has 0 N–H and O–H groups in total. The fourth-order valence-corrected chi connectivity index (χ4v) is 7.60. The van der Waals surface area contributed by atoms with Crippen LogP contribution in [0.2, 0.25) is 0 Å². The first kappa shape index (κ1) is 17.1. The minimum atomic E-state index is -0.939. The zero-order valence-corrected chi connectivity index (χ0v) is 16.4. The molecule has 2 aliphatic carbocycles. The number of imide groups is 1. The van der Waals surface area contributed by atoms with Crippen molar-refractivity contribution < 1.29 is 19.2 Å². The number of hydrogen-bond acceptors (Lipinski definition) is 4. The molecule has 0 radical (unpaired) electrons. The Kier molecular flexibility index (Phi) is 3.32. The lowest BCUT2D eigenvalue weighted by molar-refractivity contribution is -0.202. The van der Waals surface area contributed by atoms with Crippen molar-refractivity contribution in [1.29, 1.82) is 0 Å². The molecule has 0 aromatic carbocycles. The molecule has 9 heteroatoms. The largest absolute Gasteiger partial charge is 0.373 e. The molecule has 8 atom stereocenters. The van der Waals surface area contributed by atoms with Gasteiger partial charge in [0.2, 0.25) is 0 Å². The average Bonchev–Trinajstić information content (AvgIpc) is 3.25. The quantitative estimate of drug-likeness (QED) is 0.503. The van der Waals surface area contributed by atoms with Gasteiger partial charge in [0.25, 0.3) is 11.8 Å². The molecule has 3 heterocycles. The Morgan fingerprint density at radius 1 is 1.04 bits per heavy atom. The first-order valence-electron chi connectivity index (χ1n) is 8.27. The van der Waals surface area contributed by atoms with Gasteiger partial charge in [-0.05, 0) is 20.3 Å². The molecule has 136 valence electrons. The summed E-state index contributed by atoms with van der Waals surface area (Å²) in [5.74, 6) is -2.43. The van der Waals surface area contributed by atoms with Crippen molar-refractivity contribution in [2.75, 3.05) is 0 Å². The number of halogens is 4. The van der Waals surface area contributed by atoms with Crippen LogP contribution in [0, 0.1) is 23.7 Å². The first-order chi connectivity index (χ1) is 11.6. The summed E-state index contributed by atoms with van der Waals surface area (Å²) in [6, 6.07) is 0. The lowest BCUT2D eigenvalue weighted by Crippen LogP contribution is -2.50. The predicted molar refractivity (Wildman–Crippen MR) is 91.2 cm³/mol. The van der Waals surface area contributed by atoms with Crippen LogP contribution in [0.25, 0.3) is 0 Å². The van der Waals surface area contributed by atoms with Gasteiger partial charge in [0.1, 0.15) is 0 Å². The zero-order valence-electron chi connectivity index (χ0n) is 13.3. The molecule has 0 spiro atoms. The van der Waals surface area contributed by atoms with E-state index in [4.69, 9.17) is 56.0 Å². The molecule has 0 aromatic heterocycles. The van der Waals surface area contributed by atoms with E-state index in [0.29, 0.717) is 16.5 Å². The number of ether oxygens (including phenoxy) is 1. The summed E-state index contributed by atoms with van der Waals surface area (Å²) in [6.07, 6.45) is -0.909. The van der Waals surface area contributed by atoms with Gasteiger partial charge in [-0.25, -0.2) is 0 Å². The number of hydroxylamine groups is 2. The lowest BCUT2D eigenvalue weighted by Gasteiger charge is -2.40. The summed E-state index contributed by atoms with van der Waals surface area (Å²) < 4.78 is 6.07. The number of fused-ring (bicyclic) bond motifs is 12. The van der Waals surface area contributed by atoms with E-state index in [0.717, 1.165) is 5.06 Å². The van der Waals surface area contributed by atoms with Gasteiger partial charge in [-0.1, -0.05) is 23.2 Å². The maximum Gasteiger partial charge on any atom is 0.260 e. The lowest BCUT2D eigenvalue weighted by atomic mass is 9.65. The molecule has 5 rings (SSSR count). The summed E-state index contributed by atoms with van der Waals surface area (Å²) in [5.41, 5.74) is 0. The highest BCUT2D eigenvalue weighted by atomic mass is 35.5. The third-order valence-electron chi connectivity index (χ3n) is 6.28. The molecule has 3 aliphatic heterocycles. The third kappa shape index (κ3) is 1.72. The van der Waals surface area contributed by atoms with Crippen LogP contribution in [0.1, 0.15) is 20.3 Å². The molecule has 0 unspecified atom stereocenters. The monoisotopic (exact) mass is 425 g/mol. The van der Waals surface area contributed by atoms with Crippen molar-refractivity contribution in [2.24, 2.45) is 23.7 Å². The molecule has 0 aromatic rings. The van der Waals surface area contributed by atoms with E-state index in [9.17, 15) is 9.59 Å². The van der Waals surface area contributed by atoms with E-state index in [2.05, 4.69) is 0 Å². The van der Waals surface area contributed by atoms with Gasteiger partial charge in [-0.3, -0.25) is 14.4 Å². The van der Waals surface area contributed by atoms with E-state index in [1.807, 2.05) is 0 Å². The van der Waals surface area contributed by atoms with E-state index in [1.165, 1.54) is 0 Å². The van der Waals surface area contributed by atoms with Gasteiger partial charge < -0.3 is 4.74 Å². The molecule has 1 saturated carbocycles. The second-order valence-corrected chi connectivity index (χ2v) is 9.93. The minimum Gasteiger partial charge on any atom is -0.373 e. The van der Waals surface area contributed by atoms with Gasteiger partial charge in [-0.2, -0.15) is 5.06 Å². The van der Waals surface area contributed by atoms with E-state index < -0.39 is 33.8 Å². The molecule has 25 heavy (non-hydrogen) atoms. The molecular formula is C16H15Cl4NO4. The Labute approximate surface area is 164 Å². The van der Waals surface area contributed by atoms with Crippen molar-refractivity contribution in [3.63, 3.8) is 0 Å². The van der Waals surface area contributed by atoms with E-state index in [1.54, 1.807) is 13.8 Å². The Morgan fingerprint density at radius 3 is 1.88 bits per heavy atom.